The largest absolute Gasteiger partial charge is 0.391 e. The molecule has 1 amide bonds. The van der Waals surface area contributed by atoms with Crippen LogP contribution in [-0.2, 0) is 0 Å². The van der Waals surface area contributed by atoms with Crippen molar-refractivity contribution < 1.29 is 14.3 Å². The van der Waals surface area contributed by atoms with Crippen LogP contribution in [0.5, 0.6) is 0 Å². The monoisotopic (exact) mass is 317 g/mol. The van der Waals surface area contributed by atoms with Gasteiger partial charge in [0.05, 0.1) is 18.5 Å². The summed E-state index contributed by atoms with van der Waals surface area (Å²) in [6, 6.07) is 6.05. The van der Waals surface area contributed by atoms with Crippen molar-refractivity contribution in [2.45, 2.75) is 38.5 Å². The third-order valence-electron chi connectivity index (χ3n) is 4.19. The molecule has 2 heterocycles. The molecule has 2 aromatic rings. The number of aliphatic hydroxyl groups is 1. The predicted molar refractivity (Wildman–Crippen MR) is 83.4 cm³/mol. The quantitative estimate of drug-likeness (QED) is 0.946. The first-order valence-electron chi connectivity index (χ1n) is 7.73. The Bertz CT molecular complexity index is 713. The van der Waals surface area contributed by atoms with E-state index < -0.39 is 6.10 Å². The van der Waals surface area contributed by atoms with E-state index >= 15 is 0 Å². The van der Waals surface area contributed by atoms with Crippen LogP contribution in [0.25, 0.3) is 0 Å². The highest BCUT2D eigenvalue weighted by atomic mass is 19.1. The number of imidazole rings is 1. The Labute approximate surface area is 134 Å². The van der Waals surface area contributed by atoms with Crippen LogP contribution in [0.4, 0.5) is 4.39 Å². The molecule has 0 radical (unpaired) electrons. The summed E-state index contributed by atoms with van der Waals surface area (Å²) in [5.74, 6) is -0.587. The number of hydrogen-bond acceptors (Lipinski definition) is 3. The third-order valence-corrected chi connectivity index (χ3v) is 4.19. The molecule has 6 heteroatoms. The molecule has 1 aliphatic rings. The first-order valence-corrected chi connectivity index (χ1v) is 7.73. The number of aromatic nitrogens is 2. The lowest BCUT2D eigenvalue weighted by Gasteiger charge is -2.24. The number of nitrogens with zero attached hydrogens (tertiary/aromatic N) is 3. The van der Waals surface area contributed by atoms with Crippen LogP contribution in [0.3, 0.4) is 0 Å². The molecule has 122 valence electrons. The van der Waals surface area contributed by atoms with Crippen LogP contribution < -0.4 is 0 Å². The van der Waals surface area contributed by atoms with Gasteiger partial charge in [0.2, 0.25) is 0 Å². The van der Waals surface area contributed by atoms with Crippen LogP contribution in [0.1, 0.15) is 48.4 Å². The Hall–Kier alpha value is -2.21. The summed E-state index contributed by atoms with van der Waals surface area (Å²) in [6.45, 7) is 4.24. The van der Waals surface area contributed by atoms with Gasteiger partial charge in [-0.05, 0) is 38.0 Å². The SMILES string of the molecule is CC(C)n1cnc(C(=O)N2C[C@@H](O)C[C@@H]2c2cccc(F)c2)c1. The van der Waals surface area contributed by atoms with Crippen molar-refractivity contribution in [1.29, 1.82) is 0 Å². The number of aliphatic hydroxyl groups excluding tert-OH is 1. The molecule has 1 fully saturated rings. The van der Waals surface area contributed by atoms with E-state index in [0.29, 0.717) is 17.7 Å². The maximum atomic E-state index is 13.5. The van der Waals surface area contributed by atoms with Crippen molar-refractivity contribution in [1.82, 2.24) is 14.5 Å². The van der Waals surface area contributed by atoms with E-state index in [9.17, 15) is 14.3 Å². The molecule has 1 aromatic heterocycles. The van der Waals surface area contributed by atoms with E-state index in [1.807, 2.05) is 18.4 Å². The van der Waals surface area contributed by atoms with E-state index in [1.165, 1.54) is 12.1 Å². The number of likely N-dealkylation sites (tertiary alicyclic amines) is 1. The van der Waals surface area contributed by atoms with Crippen molar-refractivity contribution >= 4 is 5.91 Å². The summed E-state index contributed by atoms with van der Waals surface area (Å²) in [4.78, 5) is 18.5. The lowest BCUT2D eigenvalue weighted by Crippen LogP contribution is -2.32. The number of rotatable bonds is 3. The van der Waals surface area contributed by atoms with Gasteiger partial charge in [0.1, 0.15) is 11.5 Å². The number of carbonyl (C=O) groups excluding carboxylic acids is 1. The van der Waals surface area contributed by atoms with Gasteiger partial charge in [-0.1, -0.05) is 12.1 Å². The van der Waals surface area contributed by atoms with Crippen molar-refractivity contribution in [3.05, 3.63) is 53.9 Å². The minimum Gasteiger partial charge on any atom is -0.391 e. The first-order chi connectivity index (χ1) is 11.0. The average molecular weight is 317 g/mol. The molecule has 0 unspecified atom stereocenters. The van der Waals surface area contributed by atoms with Crippen LogP contribution in [-0.4, -0.2) is 38.1 Å². The Morgan fingerprint density at radius 1 is 1.43 bits per heavy atom. The number of carbonyl (C=O) groups is 1. The minimum absolute atomic E-state index is 0.215. The smallest absolute Gasteiger partial charge is 0.274 e. The fraction of sp³-hybridized carbons (Fsp3) is 0.412. The molecule has 2 atom stereocenters. The highest BCUT2D eigenvalue weighted by molar-refractivity contribution is 5.92. The van der Waals surface area contributed by atoms with Gasteiger partial charge in [-0.15, -0.1) is 0 Å². The lowest BCUT2D eigenvalue weighted by atomic mass is 10.0. The van der Waals surface area contributed by atoms with Crippen LogP contribution in [0.2, 0.25) is 0 Å². The molecular weight excluding hydrogens is 297 g/mol. The zero-order valence-electron chi connectivity index (χ0n) is 13.2. The number of halogens is 1. The third kappa shape index (κ3) is 3.12. The molecule has 1 aliphatic heterocycles. The van der Waals surface area contributed by atoms with Crippen LogP contribution in [0.15, 0.2) is 36.8 Å². The molecule has 0 saturated carbocycles. The van der Waals surface area contributed by atoms with Crippen molar-refractivity contribution in [3.63, 3.8) is 0 Å². The maximum Gasteiger partial charge on any atom is 0.274 e. The molecule has 0 bridgehead atoms. The molecule has 1 aromatic carbocycles. The summed E-state index contributed by atoms with van der Waals surface area (Å²) in [5, 5.41) is 9.98. The fourth-order valence-corrected chi connectivity index (χ4v) is 2.94. The number of amides is 1. The van der Waals surface area contributed by atoms with Gasteiger partial charge in [0.25, 0.3) is 5.91 Å². The molecule has 23 heavy (non-hydrogen) atoms. The molecule has 0 aliphatic carbocycles. The number of benzene rings is 1. The van der Waals surface area contributed by atoms with Crippen LogP contribution >= 0.6 is 0 Å². The second-order valence-electron chi connectivity index (χ2n) is 6.22. The summed E-state index contributed by atoms with van der Waals surface area (Å²) < 4.78 is 15.3. The van der Waals surface area contributed by atoms with Gasteiger partial charge in [-0.25, -0.2) is 9.37 Å². The van der Waals surface area contributed by atoms with Crippen LogP contribution in [0, 0.1) is 5.82 Å². The topological polar surface area (TPSA) is 58.4 Å². The maximum absolute atomic E-state index is 13.5. The lowest BCUT2D eigenvalue weighted by molar-refractivity contribution is 0.0710. The highest BCUT2D eigenvalue weighted by Crippen LogP contribution is 2.33. The van der Waals surface area contributed by atoms with E-state index in [1.54, 1.807) is 29.6 Å². The molecule has 0 spiro atoms. The molecular formula is C17H20FN3O2. The van der Waals surface area contributed by atoms with E-state index in [4.69, 9.17) is 0 Å². The number of hydrogen-bond donors (Lipinski definition) is 1. The normalized spacial score (nSPS) is 21.2. The Balaban J connectivity index is 1.88. The summed E-state index contributed by atoms with van der Waals surface area (Å²) in [7, 11) is 0. The Morgan fingerprint density at radius 3 is 2.87 bits per heavy atom. The van der Waals surface area contributed by atoms with Gasteiger partial charge >= 0.3 is 0 Å². The zero-order chi connectivity index (χ0) is 16.6. The minimum atomic E-state index is -0.612. The zero-order valence-corrected chi connectivity index (χ0v) is 13.2. The van der Waals surface area contributed by atoms with Gasteiger partial charge in [-0.2, -0.15) is 0 Å². The summed E-state index contributed by atoms with van der Waals surface area (Å²) in [5.41, 5.74) is 1.03. The average Bonchev–Trinajstić information content (AvgIpc) is 3.13. The van der Waals surface area contributed by atoms with E-state index in [-0.39, 0.29) is 30.4 Å². The van der Waals surface area contributed by atoms with Gasteiger partial charge in [-0.3, -0.25) is 4.79 Å². The standard InChI is InChI=1S/C17H20FN3O2/c1-11(2)20-9-15(19-10-20)17(23)21-8-14(22)7-16(21)12-4-3-5-13(18)6-12/h3-6,9-11,14,16,22H,7-8H2,1-2H3/t14-,16+/m0/s1. The van der Waals surface area contributed by atoms with E-state index in [0.717, 1.165) is 0 Å². The molecule has 1 N–H and O–H groups in total. The van der Waals surface area contributed by atoms with Crippen molar-refractivity contribution in [2.75, 3.05) is 6.54 Å². The van der Waals surface area contributed by atoms with Gasteiger partial charge < -0.3 is 14.6 Å². The second-order valence-corrected chi connectivity index (χ2v) is 6.22. The molecule has 3 rings (SSSR count). The number of β-amino-alcohol motifs (C(OH)–C–C–N with tert-alkyl or cyclic N) is 1. The predicted octanol–water partition coefficient (Wildman–Crippen LogP) is 2.55. The summed E-state index contributed by atoms with van der Waals surface area (Å²) in [6.07, 6.45) is 3.13. The molecule has 5 nitrogen and oxygen atoms in total. The second kappa shape index (κ2) is 6.12. The van der Waals surface area contributed by atoms with Gasteiger partial charge in [0.15, 0.2) is 0 Å². The first kappa shape index (κ1) is 15.7. The van der Waals surface area contributed by atoms with Crippen molar-refractivity contribution in [3.8, 4) is 0 Å². The fourth-order valence-electron chi connectivity index (χ4n) is 2.94. The van der Waals surface area contributed by atoms with Crippen molar-refractivity contribution in [2.24, 2.45) is 0 Å². The Morgan fingerprint density at radius 2 is 2.22 bits per heavy atom. The summed E-state index contributed by atoms with van der Waals surface area (Å²) >= 11 is 0. The van der Waals surface area contributed by atoms with Gasteiger partial charge in [0, 0.05) is 18.8 Å². The van der Waals surface area contributed by atoms with E-state index in [2.05, 4.69) is 4.98 Å². The molecule has 1 saturated heterocycles. The highest BCUT2D eigenvalue weighted by Gasteiger charge is 2.36. The Kier molecular flexibility index (Phi) is 4.17.